The third-order valence-electron chi connectivity index (χ3n) is 4.45. The van der Waals surface area contributed by atoms with Gasteiger partial charge in [-0.3, -0.25) is 9.69 Å². The molecule has 1 fully saturated rings. The maximum atomic E-state index is 12.1. The highest BCUT2D eigenvalue weighted by atomic mass is 16.3. The fourth-order valence-electron chi connectivity index (χ4n) is 2.72. The Morgan fingerprint density at radius 3 is 2.48 bits per heavy atom. The molecule has 1 heterocycles. The maximum absolute atomic E-state index is 12.1. The van der Waals surface area contributed by atoms with Crippen LogP contribution in [0.15, 0.2) is 24.3 Å². The summed E-state index contributed by atoms with van der Waals surface area (Å²) >= 11 is 0. The summed E-state index contributed by atoms with van der Waals surface area (Å²) in [6.07, 6.45) is 0.713. The number of rotatable bonds is 7. The first kappa shape index (κ1) is 17.9. The van der Waals surface area contributed by atoms with E-state index in [1.54, 1.807) is 0 Å². The fourth-order valence-corrected chi connectivity index (χ4v) is 2.72. The number of aliphatic hydroxyl groups excluding tert-OH is 1. The average Bonchev–Trinajstić information content (AvgIpc) is 2.56. The second-order valence-electron chi connectivity index (χ2n) is 6.60. The van der Waals surface area contributed by atoms with Crippen molar-refractivity contribution in [1.82, 2.24) is 15.1 Å². The predicted molar refractivity (Wildman–Crippen MR) is 92.4 cm³/mol. The molecule has 2 rings (SSSR count). The topological polar surface area (TPSA) is 55.8 Å². The van der Waals surface area contributed by atoms with Gasteiger partial charge in [0.1, 0.15) is 0 Å². The fraction of sp³-hybridized carbons (Fsp3) is 0.611. The van der Waals surface area contributed by atoms with Crippen molar-refractivity contribution in [2.24, 2.45) is 5.92 Å². The van der Waals surface area contributed by atoms with Crippen molar-refractivity contribution in [2.75, 3.05) is 46.4 Å². The van der Waals surface area contributed by atoms with Crippen molar-refractivity contribution < 1.29 is 9.90 Å². The number of carbonyl (C=O) groups excluding carboxylic acids is 1. The van der Waals surface area contributed by atoms with Gasteiger partial charge in [0.15, 0.2) is 0 Å². The van der Waals surface area contributed by atoms with Crippen LogP contribution in [0.25, 0.3) is 0 Å². The Morgan fingerprint density at radius 1 is 1.22 bits per heavy atom. The summed E-state index contributed by atoms with van der Waals surface area (Å²) in [6.45, 7) is 8.17. The van der Waals surface area contributed by atoms with Gasteiger partial charge in [-0.15, -0.1) is 0 Å². The number of carbonyl (C=O) groups is 1. The molecular formula is C18H29N3O2. The molecule has 0 bridgehead atoms. The minimum atomic E-state index is -0.0408. The number of nitrogens with zero attached hydrogens (tertiary/aromatic N) is 2. The monoisotopic (exact) mass is 319 g/mol. The van der Waals surface area contributed by atoms with Gasteiger partial charge in [0.2, 0.25) is 0 Å². The highest BCUT2D eigenvalue weighted by Gasteiger charge is 2.14. The summed E-state index contributed by atoms with van der Waals surface area (Å²) < 4.78 is 0. The average molecular weight is 319 g/mol. The van der Waals surface area contributed by atoms with Crippen LogP contribution in [0.5, 0.6) is 0 Å². The third kappa shape index (κ3) is 5.94. The van der Waals surface area contributed by atoms with Gasteiger partial charge in [0.05, 0.1) is 0 Å². The number of nitrogens with one attached hydrogen (secondary N) is 1. The molecule has 0 spiro atoms. The molecule has 0 radical (unpaired) electrons. The van der Waals surface area contributed by atoms with E-state index in [4.69, 9.17) is 5.11 Å². The van der Waals surface area contributed by atoms with Gasteiger partial charge in [-0.2, -0.15) is 0 Å². The van der Waals surface area contributed by atoms with Gasteiger partial charge in [0.25, 0.3) is 5.91 Å². The molecule has 2 N–H and O–H groups in total. The second-order valence-corrected chi connectivity index (χ2v) is 6.60. The van der Waals surface area contributed by atoms with Gasteiger partial charge in [-0.25, -0.2) is 0 Å². The first-order chi connectivity index (χ1) is 11.1. The zero-order valence-electron chi connectivity index (χ0n) is 14.3. The van der Waals surface area contributed by atoms with Gasteiger partial charge >= 0.3 is 0 Å². The lowest BCUT2D eigenvalue weighted by molar-refractivity contribution is 0.0945. The van der Waals surface area contributed by atoms with Crippen LogP contribution in [0.4, 0.5) is 0 Å². The maximum Gasteiger partial charge on any atom is 0.251 e. The van der Waals surface area contributed by atoms with Gasteiger partial charge in [-0.1, -0.05) is 19.1 Å². The summed E-state index contributed by atoms with van der Waals surface area (Å²) in [7, 11) is 2.16. The van der Waals surface area contributed by atoms with E-state index in [-0.39, 0.29) is 12.5 Å². The number of hydrogen-bond donors (Lipinski definition) is 2. The van der Waals surface area contributed by atoms with Crippen LogP contribution in [0.1, 0.15) is 29.3 Å². The number of aliphatic hydroxyl groups is 1. The molecule has 1 amide bonds. The van der Waals surface area contributed by atoms with Crippen LogP contribution < -0.4 is 5.32 Å². The second kappa shape index (κ2) is 9.01. The lowest BCUT2D eigenvalue weighted by Crippen LogP contribution is -2.43. The first-order valence-corrected chi connectivity index (χ1v) is 8.47. The molecule has 1 atom stereocenters. The molecule has 5 heteroatoms. The largest absolute Gasteiger partial charge is 0.396 e. The molecule has 1 aromatic rings. The van der Waals surface area contributed by atoms with E-state index >= 15 is 0 Å². The number of likely N-dealkylation sites (N-methyl/N-ethyl adjacent to an activating group) is 1. The molecule has 0 aromatic heterocycles. The highest BCUT2D eigenvalue weighted by Crippen LogP contribution is 2.10. The van der Waals surface area contributed by atoms with E-state index in [1.807, 2.05) is 31.2 Å². The standard InChI is InChI=1S/C18H29N3O2/c1-15(7-12-22)13-19-18(23)17-5-3-16(4-6-17)14-21-10-8-20(2)9-11-21/h3-6,15,22H,7-14H2,1-2H3,(H,19,23). The molecule has 23 heavy (non-hydrogen) atoms. The molecule has 5 nitrogen and oxygen atoms in total. The zero-order valence-corrected chi connectivity index (χ0v) is 14.3. The number of piperazine rings is 1. The lowest BCUT2D eigenvalue weighted by Gasteiger charge is -2.32. The Kier molecular flexibility index (Phi) is 7.02. The number of amides is 1. The molecule has 1 saturated heterocycles. The Bertz CT molecular complexity index is 482. The molecule has 128 valence electrons. The van der Waals surface area contributed by atoms with E-state index in [0.717, 1.165) is 32.7 Å². The Morgan fingerprint density at radius 2 is 1.87 bits per heavy atom. The smallest absolute Gasteiger partial charge is 0.251 e. The van der Waals surface area contributed by atoms with Crippen LogP contribution >= 0.6 is 0 Å². The van der Waals surface area contributed by atoms with Crippen LogP contribution in [0.3, 0.4) is 0 Å². The Balaban J connectivity index is 1.80. The van der Waals surface area contributed by atoms with Crippen molar-refractivity contribution in [1.29, 1.82) is 0 Å². The highest BCUT2D eigenvalue weighted by molar-refractivity contribution is 5.94. The first-order valence-electron chi connectivity index (χ1n) is 8.47. The van der Waals surface area contributed by atoms with Crippen molar-refractivity contribution in [2.45, 2.75) is 19.9 Å². The van der Waals surface area contributed by atoms with Crippen LogP contribution in [0.2, 0.25) is 0 Å². The van der Waals surface area contributed by atoms with Crippen molar-refractivity contribution in [3.8, 4) is 0 Å². The van der Waals surface area contributed by atoms with Crippen molar-refractivity contribution >= 4 is 5.91 Å². The molecule has 1 aromatic carbocycles. The van der Waals surface area contributed by atoms with Gasteiger partial charge in [-0.05, 0) is 37.1 Å². The quantitative estimate of drug-likeness (QED) is 0.792. The van der Waals surface area contributed by atoms with E-state index in [2.05, 4.69) is 22.2 Å². The van der Waals surface area contributed by atoms with Gasteiger partial charge < -0.3 is 15.3 Å². The minimum absolute atomic E-state index is 0.0408. The third-order valence-corrected chi connectivity index (χ3v) is 4.45. The SMILES string of the molecule is CC(CCO)CNC(=O)c1ccc(CN2CCN(C)CC2)cc1. The lowest BCUT2D eigenvalue weighted by atomic mass is 10.1. The minimum Gasteiger partial charge on any atom is -0.396 e. The molecule has 1 aliphatic rings. The van der Waals surface area contributed by atoms with E-state index in [1.165, 1.54) is 5.56 Å². The summed E-state index contributed by atoms with van der Waals surface area (Å²) in [6, 6.07) is 7.89. The summed E-state index contributed by atoms with van der Waals surface area (Å²) in [5, 5.41) is 11.8. The molecule has 1 aliphatic heterocycles. The van der Waals surface area contributed by atoms with Crippen molar-refractivity contribution in [3.63, 3.8) is 0 Å². The summed E-state index contributed by atoms with van der Waals surface area (Å²) in [5.41, 5.74) is 1.95. The summed E-state index contributed by atoms with van der Waals surface area (Å²) in [4.78, 5) is 16.9. The predicted octanol–water partition coefficient (Wildman–Crippen LogP) is 1.18. The molecule has 0 aliphatic carbocycles. The van der Waals surface area contributed by atoms with Crippen LogP contribution in [-0.4, -0.2) is 67.2 Å². The van der Waals surface area contributed by atoms with E-state index in [0.29, 0.717) is 24.4 Å². The van der Waals surface area contributed by atoms with E-state index in [9.17, 15) is 4.79 Å². The normalized spacial score (nSPS) is 17.9. The van der Waals surface area contributed by atoms with Gasteiger partial charge in [0, 0.05) is 51.4 Å². The Hall–Kier alpha value is -1.43. The van der Waals surface area contributed by atoms with E-state index < -0.39 is 0 Å². The Labute approximate surface area is 139 Å². The summed E-state index contributed by atoms with van der Waals surface area (Å²) in [5.74, 6) is 0.251. The van der Waals surface area contributed by atoms with Crippen molar-refractivity contribution in [3.05, 3.63) is 35.4 Å². The number of hydrogen-bond acceptors (Lipinski definition) is 4. The zero-order chi connectivity index (χ0) is 16.7. The molecule has 0 saturated carbocycles. The van der Waals surface area contributed by atoms with Crippen LogP contribution in [0, 0.1) is 5.92 Å². The number of benzene rings is 1. The molecular weight excluding hydrogens is 290 g/mol. The van der Waals surface area contributed by atoms with Crippen LogP contribution in [-0.2, 0) is 6.54 Å². The molecule has 1 unspecified atom stereocenters.